The van der Waals surface area contributed by atoms with Crippen molar-refractivity contribution in [1.82, 2.24) is 10.3 Å². The van der Waals surface area contributed by atoms with Crippen molar-refractivity contribution in [3.05, 3.63) is 26.3 Å². The molecule has 0 aliphatic carbocycles. The summed E-state index contributed by atoms with van der Waals surface area (Å²) < 4.78 is 11.0. The highest BCUT2D eigenvalue weighted by atomic mass is 32.1. The predicted octanol–water partition coefficient (Wildman–Crippen LogP) is 2.78. The highest BCUT2D eigenvalue weighted by Crippen LogP contribution is 2.39. The number of hydrogen-bond donors (Lipinski definition) is 1. The van der Waals surface area contributed by atoms with Gasteiger partial charge in [0.2, 0.25) is 0 Å². The van der Waals surface area contributed by atoms with E-state index in [1.807, 2.05) is 24.6 Å². The summed E-state index contributed by atoms with van der Waals surface area (Å²) in [6.45, 7) is 4.87. The lowest BCUT2D eigenvalue weighted by Gasteiger charge is -2.16. The number of hydrogen-bond acceptors (Lipinski definition) is 6. The quantitative estimate of drug-likeness (QED) is 0.947. The second-order valence-corrected chi connectivity index (χ2v) is 6.25. The van der Waals surface area contributed by atoms with Crippen LogP contribution < -0.4 is 14.8 Å². The van der Waals surface area contributed by atoms with Crippen LogP contribution in [-0.4, -0.2) is 24.1 Å². The molecule has 0 saturated carbocycles. The van der Waals surface area contributed by atoms with Crippen LogP contribution in [0.3, 0.4) is 0 Å². The number of carbonyl (C=O) groups excluding carboxylic acids is 1. The number of carbonyl (C=O) groups is 1. The molecule has 2 aromatic heterocycles. The van der Waals surface area contributed by atoms with E-state index < -0.39 is 0 Å². The summed E-state index contributed by atoms with van der Waals surface area (Å²) in [5.41, 5.74) is 0.969. The van der Waals surface area contributed by atoms with Crippen LogP contribution in [0.25, 0.3) is 0 Å². The molecule has 1 amide bonds. The molecule has 0 bridgehead atoms. The molecule has 1 atom stereocenters. The molecule has 1 N–H and O–H groups in total. The first kappa shape index (κ1) is 13.4. The zero-order valence-electron chi connectivity index (χ0n) is 11.1. The summed E-state index contributed by atoms with van der Waals surface area (Å²) in [5.74, 6) is 1.06. The molecule has 2 aromatic rings. The van der Waals surface area contributed by atoms with Crippen molar-refractivity contribution in [3.8, 4) is 11.5 Å². The Hall–Kier alpha value is -1.60. The van der Waals surface area contributed by atoms with Gasteiger partial charge in [-0.3, -0.25) is 4.79 Å². The molecule has 0 fully saturated rings. The maximum absolute atomic E-state index is 12.3. The first-order chi connectivity index (χ1) is 9.65. The Morgan fingerprint density at radius 1 is 1.35 bits per heavy atom. The van der Waals surface area contributed by atoms with E-state index in [0.29, 0.717) is 29.6 Å². The number of fused-ring (bicyclic) bond motifs is 1. The Morgan fingerprint density at radius 3 is 2.90 bits per heavy atom. The minimum absolute atomic E-state index is 0.122. The molecule has 5 nitrogen and oxygen atoms in total. The molecule has 20 heavy (non-hydrogen) atoms. The zero-order valence-corrected chi connectivity index (χ0v) is 12.8. The van der Waals surface area contributed by atoms with Crippen LogP contribution in [0.2, 0.25) is 0 Å². The van der Waals surface area contributed by atoms with Crippen LogP contribution in [0.5, 0.6) is 11.5 Å². The van der Waals surface area contributed by atoms with E-state index in [1.165, 1.54) is 11.3 Å². The Labute approximate surface area is 124 Å². The fourth-order valence-electron chi connectivity index (χ4n) is 1.91. The number of ether oxygens (including phenoxy) is 2. The van der Waals surface area contributed by atoms with Gasteiger partial charge in [0, 0.05) is 16.5 Å². The third kappa shape index (κ3) is 2.51. The van der Waals surface area contributed by atoms with Crippen molar-refractivity contribution in [2.24, 2.45) is 0 Å². The van der Waals surface area contributed by atoms with E-state index in [0.717, 1.165) is 10.7 Å². The number of aryl methyl sites for hydroxylation is 1. The molecule has 7 heteroatoms. The maximum Gasteiger partial charge on any atom is 0.265 e. The number of thiophene rings is 1. The Bertz CT molecular complexity index is 635. The smallest absolute Gasteiger partial charge is 0.265 e. The molecule has 1 aliphatic rings. The predicted molar refractivity (Wildman–Crippen MR) is 78.0 cm³/mol. The van der Waals surface area contributed by atoms with Crippen LogP contribution in [0.15, 0.2) is 10.8 Å². The van der Waals surface area contributed by atoms with Crippen LogP contribution >= 0.6 is 22.7 Å². The van der Waals surface area contributed by atoms with Gasteiger partial charge in [0.1, 0.15) is 23.1 Å². The van der Waals surface area contributed by atoms with E-state index in [4.69, 9.17) is 9.47 Å². The summed E-state index contributed by atoms with van der Waals surface area (Å²) >= 11 is 2.88. The first-order valence-corrected chi connectivity index (χ1v) is 8.01. The van der Waals surface area contributed by atoms with Crippen molar-refractivity contribution in [2.45, 2.75) is 19.9 Å². The van der Waals surface area contributed by atoms with Crippen LogP contribution in [0, 0.1) is 6.92 Å². The molecule has 3 rings (SSSR count). The van der Waals surface area contributed by atoms with Gasteiger partial charge in [-0.05, 0) is 13.8 Å². The van der Waals surface area contributed by atoms with Gasteiger partial charge in [-0.15, -0.1) is 22.7 Å². The molecular weight excluding hydrogens is 296 g/mol. The number of thiazole rings is 1. The SMILES string of the molecule is Cc1csc([C@@H](C)NC(=O)c2scc3c2OCCO3)n1. The van der Waals surface area contributed by atoms with Gasteiger partial charge in [-0.2, -0.15) is 0 Å². The van der Waals surface area contributed by atoms with Gasteiger partial charge in [0.25, 0.3) is 5.91 Å². The normalized spacial score (nSPS) is 14.9. The van der Waals surface area contributed by atoms with Gasteiger partial charge in [-0.25, -0.2) is 4.98 Å². The van der Waals surface area contributed by atoms with Gasteiger partial charge < -0.3 is 14.8 Å². The van der Waals surface area contributed by atoms with Gasteiger partial charge in [0.05, 0.1) is 6.04 Å². The van der Waals surface area contributed by atoms with Crippen molar-refractivity contribution in [1.29, 1.82) is 0 Å². The maximum atomic E-state index is 12.3. The van der Waals surface area contributed by atoms with E-state index in [-0.39, 0.29) is 11.9 Å². The molecule has 106 valence electrons. The van der Waals surface area contributed by atoms with E-state index in [1.54, 1.807) is 11.3 Å². The van der Waals surface area contributed by atoms with Gasteiger partial charge >= 0.3 is 0 Å². The summed E-state index contributed by atoms with van der Waals surface area (Å²) in [7, 11) is 0. The lowest BCUT2D eigenvalue weighted by Crippen LogP contribution is -2.27. The third-order valence-corrected chi connectivity index (χ3v) is 4.95. The fourth-order valence-corrected chi connectivity index (χ4v) is 3.55. The molecular formula is C13H14N2O3S2. The Balaban J connectivity index is 1.75. The van der Waals surface area contributed by atoms with Crippen molar-refractivity contribution < 1.29 is 14.3 Å². The molecule has 1 aliphatic heterocycles. The van der Waals surface area contributed by atoms with Crippen molar-refractivity contribution in [2.75, 3.05) is 13.2 Å². The zero-order chi connectivity index (χ0) is 14.1. The largest absolute Gasteiger partial charge is 0.485 e. The monoisotopic (exact) mass is 310 g/mol. The summed E-state index contributed by atoms with van der Waals surface area (Å²) in [6, 6.07) is -0.122. The third-order valence-electron chi connectivity index (χ3n) is 2.86. The molecule has 0 aromatic carbocycles. The highest BCUT2D eigenvalue weighted by molar-refractivity contribution is 7.12. The number of nitrogens with zero attached hydrogens (tertiary/aromatic N) is 1. The molecule has 0 unspecified atom stereocenters. The number of rotatable bonds is 3. The molecule has 0 saturated heterocycles. The number of nitrogens with one attached hydrogen (secondary N) is 1. The Morgan fingerprint density at radius 2 is 2.15 bits per heavy atom. The van der Waals surface area contributed by atoms with Crippen LogP contribution in [0.4, 0.5) is 0 Å². The summed E-state index contributed by atoms with van der Waals surface area (Å²) in [6.07, 6.45) is 0. The standard InChI is InChI=1S/C13H14N2O3S2/c1-7-5-20-13(14-7)8(2)15-12(16)11-10-9(6-19-11)17-3-4-18-10/h5-6,8H,3-4H2,1-2H3,(H,15,16)/t8-/m1/s1. The van der Waals surface area contributed by atoms with Gasteiger partial charge in [0.15, 0.2) is 11.5 Å². The fraction of sp³-hybridized carbons (Fsp3) is 0.385. The summed E-state index contributed by atoms with van der Waals surface area (Å²) in [5, 5.41) is 7.63. The van der Waals surface area contributed by atoms with E-state index in [2.05, 4.69) is 10.3 Å². The minimum Gasteiger partial charge on any atom is -0.485 e. The summed E-state index contributed by atoms with van der Waals surface area (Å²) in [4.78, 5) is 17.2. The average molecular weight is 310 g/mol. The van der Waals surface area contributed by atoms with Crippen LogP contribution in [-0.2, 0) is 0 Å². The highest BCUT2D eigenvalue weighted by Gasteiger charge is 2.24. The topological polar surface area (TPSA) is 60.5 Å². The lowest BCUT2D eigenvalue weighted by molar-refractivity contribution is 0.0935. The second kappa shape index (κ2) is 5.41. The average Bonchev–Trinajstić information content (AvgIpc) is 3.04. The van der Waals surface area contributed by atoms with E-state index in [9.17, 15) is 4.79 Å². The van der Waals surface area contributed by atoms with Gasteiger partial charge in [-0.1, -0.05) is 0 Å². The molecule has 0 radical (unpaired) electrons. The number of aromatic nitrogens is 1. The number of amides is 1. The Kier molecular flexibility index (Phi) is 3.62. The molecule has 0 spiro atoms. The first-order valence-electron chi connectivity index (χ1n) is 6.25. The molecule has 3 heterocycles. The van der Waals surface area contributed by atoms with Crippen molar-refractivity contribution >= 4 is 28.6 Å². The minimum atomic E-state index is -0.151. The van der Waals surface area contributed by atoms with Crippen LogP contribution in [0.1, 0.15) is 33.3 Å². The van der Waals surface area contributed by atoms with E-state index >= 15 is 0 Å². The van der Waals surface area contributed by atoms with Crippen molar-refractivity contribution in [3.63, 3.8) is 0 Å². The second-order valence-electron chi connectivity index (χ2n) is 4.48. The lowest BCUT2D eigenvalue weighted by atomic mass is 10.3.